The van der Waals surface area contributed by atoms with E-state index in [1.54, 1.807) is 0 Å². The van der Waals surface area contributed by atoms with Gasteiger partial charge in [-0.15, -0.1) is 0 Å². The minimum Gasteiger partial charge on any atom is -0.335 e. The number of carbonyl (C=O) groups excluding carboxylic acids is 1. The number of halogens is 1. The second kappa shape index (κ2) is 5.77. The van der Waals surface area contributed by atoms with Crippen LogP contribution in [0, 0.1) is 6.92 Å². The molecule has 2 aromatic heterocycles. The number of hydrogen-bond acceptors (Lipinski definition) is 3. The van der Waals surface area contributed by atoms with Crippen LogP contribution in [0.15, 0.2) is 16.7 Å². The summed E-state index contributed by atoms with van der Waals surface area (Å²) in [6.45, 7) is 7.27. The van der Waals surface area contributed by atoms with Crippen LogP contribution < -0.4 is 5.32 Å². The summed E-state index contributed by atoms with van der Waals surface area (Å²) in [5.41, 5.74) is 3.49. The van der Waals surface area contributed by atoms with E-state index in [1.807, 2.05) is 35.4 Å². The van der Waals surface area contributed by atoms with Gasteiger partial charge < -0.3 is 10.2 Å². The zero-order chi connectivity index (χ0) is 15.0. The van der Waals surface area contributed by atoms with Crippen molar-refractivity contribution in [3.05, 3.63) is 33.7 Å². The average Bonchev–Trinajstić information content (AvgIpc) is 2.86. The molecule has 0 aliphatic carbocycles. The first-order valence-corrected chi connectivity index (χ1v) is 8.08. The van der Waals surface area contributed by atoms with Crippen molar-refractivity contribution in [3.8, 4) is 0 Å². The van der Waals surface area contributed by atoms with Crippen LogP contribution in [-0.2, 0) is 6.42 Å². The molecule has 0 radical (unpaired) electrons. The maximum absolute atomic E-state index is 12.9. The fraction of sp³-hybridized carbons (Fsp3) is 0.467. The Morgan fingerprint density at radius 1 is 1.43 bits per heavy atom. The van der Waals surface area contributed by atoms with Crippen LogP contribution in [0.25, 0.3) is 5.65 Å². The lowest BCUT2D eigenvalue weighted by Crippen LogP contribution is -2.46. The molecule has 3 heterocycles. The van der Waals surface area contributed by atoms with E-state index in [-0.39, 0.29) is 5.91 Å². The Labute approximate surface area is 132 Å². The summed E-state index contributed by atoms with van der Waals surface area (Å²) in [5, 5.41) is 3.28. The summed E-state index contributed by atoms with van der Waals surface area (Å²) in [5.74, 6) is 0.0818. The standard InChI is InChI=1S/C15H19BrN4O/c1-3-12-13(15(21)19-6-4-17-5-7-19)20-9-10(2)8-11(16)14(20)18-12/h8-9,17H,3-7H2,1-2H3. The zero-order valence-corrected chi connectivity index (χ0v) is 13.9. The van der Waals surface area contributed by atoms with Gasteiger partial charge in [0.25, 0.3) is 5.91 Å². The average molecular weight is 351 g/mol. The number of fused-ring (bicyclic) bond motifs is 1. The molecule has 1 amide bonds. The Morgan fingerprint density at radius 3 is 2.81 bits per heavy atom. The number of imidazole rings is 1. The Bertz CT molecular complexity index is 689. The minimum atomic E-state index is 0.0818. The van der Waals surface area contributed by atoms with E-state index in [4.69, 9.17) is 0 Å². The molecule has 1 saturated heterocycles. The highest BCUT2D eigenvalue weighted by atomic mass is 79.9. The van der Waals surface area contributed by atoms with Crippen LogP contribution >= 0.6 is 15.9 Å². The van der Waals surface area contributed by atoms with Crippen molar-refractivity contribution in [1.29, 1.82) is 0 Å². The molecule has 0 unspecified atom stereocenters. The predicted molar refractivity (Wildman–Crippen MR) is 85.8 cm³/mol. The van der Waals surface area contributed by atoms with E-state index in [2.05, 4.69) is 26.2 Å². The van der Waals surface area contributed by atoms with Gasteiger partial charge in [0.15, 0.2) is 5.65 Å². The van der Waals surface area contributed by atoms with Crippen molar-refractivity contribution in [2.45, 2.75) is 20.3 Å². The second-order valence-corrected chi connectivity index (χ2v) is 6.22. The van der Waals surface area contributed by atoms with Crippen LogP contribution in [0.3, 0.4) is 0 Å². The van der Waals surface area contributed by atoms with Gasteiger partial charge in [0.05, 0.1) is 10.2 Å². The maximum Gasteiger partial charge on any atom is 0.272 e. The van der Waals surface area contributed by atoms with Crippen LogP contribution in [0.4, 0.5) is 0 Å². The topological polar surface area (TPSA) is 49.6 Å². The monoisotopic (exact) mass is 350 g/mol. The van der Waals surface area contributed by atoms with Gasteiger partial charge in [-0.05, 0) is 40.9 Å². The van der Waals surface area contributed by atoms with Gasteiger partial charge in [0, 0.05) is 32.4 Å². The Hall–Kier alpha value is -1.40. The Balaban J connectivity index is 2.13. The van der Waals surface area contributed by atoms with E-state index in [0.717, 1.165) is 54.0 Å². The van der Waals surface area contributed by atoms with Gasteiger partial charge >= 0.3 is 0 Å². The Morgan fingerprint density at radius 2 is 2.14 bits per heavy atom. The second-order valence-electron chi connectivity index (χ2n) is 5.36. The van der Waals surface area contributed by atoms with Gasteiger partial charge in [0.1, 0.15) is 5.69 Å². The van der Waals surface area contributed by atoms with Gasteiger partial charge in [-0.1, -0.05) is 6.92 Å². The number of carbonyl (C=O) groups is 1. The molecule has 6 heteroatoms. The first-order chi connectivity index (χ1) is 10.1. The fourth-order valence-corrected chi connectivity index (χ4v) is 3.41. The molecule has 1 N–H and O–H groups in total. The molecule has 0 spiro atoms. The third-order valence-corrected chi connectivity index (χ3v) is 4.41. The lowest BCUT2D eigenvalue weighted by atomic mass is 10.2. The SMILES string of the molecule is CCc1nc2c(Br)cc(C)cn2c1C(=O)N1CCNCC1. The van der Waals surface area contributed by atoms with Gasteiger partial charge in [-0.3, -0.25) is 9.20 Å². The molecule has 2 aromatic rings. The highest BCUT2D eigenvalue weighted by molar-refractivity contribution is 9.10. The number of nitrogens with zero attached hydrogens (tertiary/aromatic N) is 3. The number of rotatable bonds is 2. The number of aryl methyl sites for hydroxylation is 2. The number of nitrogens with one attached hydrogen (secondary N) is 1. The van der Waals surface area contributed by atoms with Gasteiger partial charge in [-0.25, -0.2) is 4.98 Å². The summed E-state index contributed by atoms with van der Waals surface area (Å²) >= 11 is 3.55. The molecule has 3 rings (SSSR count). The van der Waals surface area contributed by atoms with Crippen molar-refractivity contribution in [2.24, 2.45) is 0 Å². The molecule has 0 atom stereocenters. The summed E-state index contributed by atoms with van der Waals surface area (Å²) in [7, 11) is 0. The number of amides is 1. The molecular weight excluding hydrogens is 332 g/mol. The normalized spacial score (nSPS) is 15.7. The molecule has 21 heavy (non-hydrogen) atoms. The van der Waals surface area contributed by atoms with Crippen LogP contribution in [0.1, 0.15) is 28.7 Å². The summed E-state index contributed by atoms with van der Waals surface area (Å²) < 4.78 is 2.86. The molecule has 112 valence electrons. The lowest BCUT2D eigenvalue weighted by molar-refractivity contribution is 0.0727. The quantitative estimate of drug-likeness (QED) is 0.901. The fourth-order valence-electron chi connectivity index (χ4n) is 2.77. The van der Waals surface area contributed by atoms with Crippen molar-refractivity contribution in [3.63, 3.8) is 0 Å². The molecule has 1 aliphatic heterocycles. The molecule has 0 saturated carbocycles. The molecule has 0 bridgehead atoms. The number of hydrogen-bond donors (Lipinski definition) is 1. The number of piperazine rings is 1. The molecular formula is C15H19BrN4O. The molecule has 1 fully saturated rings. The van der Waals surface area contributed by atoms with E-state index in [0.29, 0.717) is 5.69 Å². The third kappa shape index (κ3) is 2.58. The Kier molecular flexibility index (Phi) is 3.99. The summed E-state index contributed by atoms with van der Waals surface area (Å²) in [4.78, 5) is 19.5. The smallest absolute Gasteiger partial charge is 0.272 e. The molecule has 0 aromatic carbocycles. The first-order valence-electron chi connectivity index (χ1n) is 7.29. The van der Waals surface area contributed by atoms with E-state index < -0.39 is 0 Å². The van der Waals surface area contributed by atoms with E-state index in [9.17, 15) is 4.79 Å². The zero-order valence-electron chi connectivity index (χ0n) is 12.3. The van der Waals surface area contributed by atoms with Crippen molar-refractivity contribution >= 4 is 27.5 Å². The number of aromatic nitrogens is 2. The van der Waals surface area contributed by atoms with Crippen LogP contribution in [-0.4, -0.2) is 46.4 Å². The van der Waals surface area contributed by atoms with Gasteiger partial charge in [-0.2, -0.15) is 0 Å². The van der Waals surface area contributed by atoms with Crippen molar-refractivity contribution in [1.82, 2.24) is 19.6 Å². The van der Waals surface area contributed by atoms with Crippen molar-refractivity contribution in [2.75, 3.05) is 26.2 Å². The van der Waals surface area contributed by atoms with E-state index in [1.165, 1.54) is 0 Å². The number of pyridine rings is 1. The maximum atomic E-state index is 12.9. The van der Waals surface area contributed by atoms with Gasteiger partial charge in [0.2, 0.25) is 0 Å². The summed E-state index contributed by atoms with van der Waals surface area (Å²) in [6.07, 6.45) is 2.74. The molecule has 5 nitrogen and oxygen atoms in total. The first kappa shape index (κ1) is 14.5. The van der Waals surface area contributed by atoms with Crippen molar-refractivity contribution < 1.29 is 4.79 Å². The third-order valence-electron chi connectivity index (χ3n) is 3.83. The highest BCUT2D eigenvalue weighted by Crippen LogP contribution is 2.24. The summed E-state index contributed by atoms with van der Waals surface area (Å²) in [6, 6.07) is 2.03. The molecule has 1 aliphatic rings. The van der Waals surface area contributed by atoms with E-state index >= 15 is 0 Å². The lowest BCUT2D eigenvalue weighted by Gasteiger charge is -2.27. The highest BCUT2D eigenvalue weighted by Gasteiger charge is 2.25. The predicted octanol–water partition coefficient (Wildman–Crippen LogP) is 2.01. The van der Waals surface area contributed by atoms with Crippen LogP contribution in [0.2, 0.25) is 0 Å². The minimum absolute atomic E-state index is 0.0818. The van der Waals surface area contributed by atoms with Crippen LogP contribution in [0.5, 0.6) is 0 Å². The largest absolute Gasteiger partial charge is 0.335 e.